The molecule has 0 aliphatic heterocycles. The lowest BCUT2D eigenvalue weighted by atomic mass is 10.5. The lowest BCUT2D eigenvalue weighted by Crippen LogP contribution is -2.46. The third-order valence-corrected chi connectivity index (χ3v) is 1.01. The fourth-order valence-corrected chi connectivity index (χ4v) is 0.441. The molecule has 104 valence electrons. The van der Waals surface area contributed by atoms with Crippen molar-refractivity contribution in [1.82, 2.24) is 0 Å². The van der Waals surface area contributed by atoms with E-state index in [4.69, 9.17) is 0 Å². The molecule has 2 nitrogen and oxygen atoms in total. The average molecular weight is 284 g/mol. The van der Waals surface area contributed by atoms with Crippen LogP contribution < -0.4 is 0 Å². The van der Waals surface area contributed by atoms with E-state index >= 15 is 0 Å². The molecule has 0 N–H and O–H groups in total. The van der Waals surface area contributed by atoms with Crippen LogP contribution in [0.25, 0.3) is 0 Å². The van der Waals surface area contributed by atoms with Gasteiger partial charge in [-0.15, -0.1) is 13.2 Å². The molecule has 0 saturated heterocycles. The first-order valence-electron chi connectivity index (χ1n) is 3.39. The second-order valence-electron chi connectivity index (χ2n) is 2.49. The van der Waals surface area contributed by atoms with Crippen LogP contribution in [0.4, 0.5) is 43.9 Å². The van der Waals surface area contributed by atoms with Gasteiger partial charge in [0.25, 0.3) is 0 Å². The Morgan fingerprint density at radius 1 is 0.706 bits per heavy atom. The first-order valence-corrected chi connectivity index (χ1v) is 3.39. The summed E-state index contributed by atoms with van der Waals surface area (Å²) >= 11 is 0. The van der Waals surface area contributed by atoms with Gasteiger partial charge in [-0.3, -0.25) is 4.74 Å². The predicted molar refractivity (Wildman–Crippen MR) is 29.0 cm³/mol. The quantitative estimate of drug-likeness (QED) is 0.737. The van der Waals surface area contributed by atoms with E-state index in [0.29, 0.717) is 0 Å². The molecule has 0 bridgehead atoms. The van der Waals surface area contributed by atoms with E-state index in [1.54, 1.807) is 0 Å². The SMILES string of the molecule is FC(F)(F)OCC(F)(F)OC(F)(F)C(F)(F)F. The number of rotatable bonds is 4. The Morgan fingerprint density at radius 2 is 1.12 bits per heavy atom. The second kappa shape index (κ2) is 4.48. The van der Waals surface area contributed by atoms with Crippen LogP contribution in [0.15, 0.2) is 0 Å². The van der Waals surface area contributed by atoms with Gasteiger partial charge in [0.1, 0.15) is 6.61 Å². The smallest absolute Gasteiger partial charge is 0.283 e. The van der Waals surface area contributed by atoms with E-state index in [9.17, 15) is 43.9 Å². The van der Waals surface area contributed by atoms with Crippen molar-refractivity contribution in [2.75, 3.05) is 6.61 Å². The minimum Gasteiger partial charge on any atom is -0.283 e. The van der Waals surface area contributed by atoms with Gasteiger partial charge in [-0.2, -0.15) is 30.7 Å². The third kappa shape index (κ3) is 5.91. The van der Waals surface area contributed by atoms with Crippen LogP contribution in [0.5, 0.6) is 0 Å². The van der Waals surface area contributed by atoms with Crippen molar-refractivity contribution < 1.29 is 53.4 Å². The summed E-state index contributed by atoms with van der Waals surface area (Å²) in [4.78, 5) is 0. The van der Waals surface area contributed by atoms with E-state index in [0.717, 1.165) is 0 Å². The Hall–Kier alpha value is -0.780. The molecule has 0 unspecified atom stereocenters. The monoisotopic (exact) mass is 284 g/mol. The van der Waals surface area contributed by atoms with Crippen molar-refractivity contribution in [3.05, 3.63) is 0 Å². The Labute approximate surface area is 86.1 Å². The van der Waals surface area contributed by atoms with Crippen molar-refractivity contribution >= 4 is 0 Å². The molecule has 0 atom stereocenters. The largest absolute Gasteiger partial charge is 0.522 e. The van der Waals surface area contributed by atoms with E-state index < -0.39 is 31.4 Å². The van der Waals surface area contributed by atoms with Gasteiger partial charge in [-0.05, 0) is 0 Å². The topological polar surface area (TPSA) is 18.5 Å². The van der Waals surface area contributed by atoms with Crippen molar-refractivity contribution in [2.45, 2.75) is 24.8 Å². The molecule has 0 rings (SSSR count). The molecule has 0 aromatic heterocycles. The molecule has 0 aromatic carbocycles. The maximum Gasteiger partial charge on any atom is 0.522 e. The van der Waals surface area contributed by atoms with Gasteiger partial charge < -0.3 is 0 Å². The van der Waals surface area contributed by atoms with Crippen LogP contribution in [0.2, 0.25) is 0 Å². The Bertz CT molecular complexity index is 252. The van der Waals surface area contributed by atoms with E-state index in [1.807, 2.05) is 4.74 Å². The summed E-state index contributed by atoms with van der Waals surface area (Å²) in [6, 6.07) is 0. The Balaban J connectivity index is 4.55. The van der Waals surface area contributed by atoms with Gasteiger partial charge in [-0.1, -0.05) is 0 Å². The molecule has 12 heteroatoms. The molecule has 0 spiro atoms. The van der Waals surface area contributed by atoms with Gasteiger partial charge in [0, 0.05) is 0 Å². The van der Waals surface area contributed by atoms with Crippen LogP contribution in [-0.4, -0.2) is 31.4 Å². The molecule has 0 fully saturated rings. The fourth-order valence-electron chi connectivity index (χ4n) is 0.441. The molecule has 0 amide bonds. The molecule has 17 heavy (non-hydrogen) atoms. The van der Waals surface area contributed by atoms with Crippen LogP contribution in [0, 0.1) is 0 Å². The molecule has 0 aromatic rings. The van der Waals surface area contributed by atoms with Crippen LogP contribution in [0.3, 0.4) is 0 Å². The average Bonchev–Trinajstić information content (AvgIpc) is 1.95. The maximum atomic E-state index is 12.2. The van der Waals surface area contributed by atoms with Crippen LogP contribution >= 0.6 is 0 Å². The number of hydrogen-bond donors (Lipinski definition) is 0. The number of ether oxygens (including phenoxy) is 2. The highest BCUT2D eigenvalue weighted by Gasteiger charge is 2.64. The number of alkyl halides is 10. The molecule has 0 aliphatic rings. The maximum absolute atomic E-state index is 12.2. The van der Waals surface area contributed by atoms with Crippen LogP contribution in [0.1, 0.15) is 0 Å². The lowest BCUT2D eigenvalue weighted by Gasteiger charge is -2.25. The van der Waals surface area contributed by atoms with Crippen molar-refractivity contribution in [3.63, 3.8) is 0 Å². The minimum absolute atomic E-state index is 1.97. The summed E-state index contributed by atoms with van der Waals surface area (Å²) in [7, 11) is 0. The molecule has 0 radical (unpaired) electrons. The summed E-state index contributed by atoms with van der Waals surface area (Å²) in [6.45, 7) is -2.83. The zero-order chi connectivity index (χ0) is 14.1. The lowest BCUT2D eigenvalue weighted by molar-refractivity contribution is -0.470. The Morgan fingerprint density at radius 3 is 1.41 bits per heavy atom. The van der Waals surface area contributed by atoms with Crippen molar-refractivity contribution in [3.8, 4) is 0 Å². The highest BCUT2D eigenvalue weighted by atomic mass is 19.4. The van der Waals surface area contributed by atoms with Gasteiger partial charge in [0.2, 0.25) is 0 Å². The fraction of sp³-hybridized carbons (Fsp3) is 1.00. The van der Waals surface area contributed by atoms with E-state index in [2.05, 4.69) is 4.74 Å². The Kier molecular flexibility index (Phi) is 4.27. The van der Waals surface area contributed by atoms with Gasteiger partial charge in [0.05, 0.1) is 0 Å². The van der Waals surface area contributed by atoms with Gasteiger partial charge in [0.15, 0.2) is 0 Å². The molecule has 0 heterocycles. The summed E-state index contributed by atoms with van der Waals surface area (Å²) < 4.78 is 120. The van der Waals surface area contributed by atoms with Crippen molar-refractivity contribution in [1.29, 1.82) is 0 Å². The zero-order valence-corrected chi connectivity index (χ0v) is 7.30. The first-order chi connectivity index (χ1) is 7.16. The normalized spacial score (nSPS) is 15.2. The highest BCUT2D eigenvalue weighted by Crippen LogP contribution is 2.40. The third-order valence-electron chi connectivity index (χ3n) is 1.01. The number of hydrogen-bond acceptors (Lipinski definition) is 2. The molecular formula is C5H2F10O2. The summed E-state index contributed by atoms with van der Waals surface area (Å²) in [5.41, 5.74) is 0. The van der Waals surface area contributed by atoms with Crippen molar-refractivity contribution in [2.24, 2.45) is 0 Å². The predicted octanol–water partition coefficient (Wildman–Crippen LogP) is 3.29. The van der Waals surface area contributed by atoms with E-state index in [-0.39, 0.29) is 0 Å². The van der Waals surface area contributed by atoms with Gasteiger partial charge >= 0.3 is 24.8 Å². The summed E-state index contributed by atoms with van der Waals surface area (Å²) in [5, 5.41) is 0. The summed E-state index contributed by atoms with van der Waals surface area (Å²) in [6.07, 6.45) is -23.9. The first kappa shape index (κ1) is 16.2. The van der Waals surface area contributed by atoms with Gasteiger partial charge in [-0.25, -0.2) is 4.74 Å². The molecule has 0 aliphatic carbocycles. The zero-order valence-electron chi connectivity index (χ0n) is 7.30. The molecular weight excluding hydrogens is 282 g/mol. The summed E-state index contributed by atoms with van der Waals surface area (Å²) in [5.74, 6) is 0. The standard InChI is InChI=1S/C5H2F10O2/c6-2(7,1-16-5(13,14)15)17-4(11,12)3(8,9)10/h1H2. The second-order valence-corrected chi connectivity index (χ2v) is 2.49. The molecule has 0 saturated carbocycles. The van der Waals surface area contributed by atoms with E-state index in [1.165, 1.54) is 0 Å². The number of halogens is 10. The minimum atomic E-state index is -6.49. The highest BCUT2D eigenvalue weighted by molar-refractivity contribution is 4.67. The van der Waals surface area contributed by atoms with Crippen LogP contribution in [-0.2, 0) is 9.47 Å².